The predicted molar refractivity (Wildman–Crippen MR) is 112 cm³/mol. The van der Waals surface area contributed by atoms with Gasteiger partial charge in [0.25, 0.3) is 0 Å². The number of rotatable bonds is 7. The average molecular weight is 428 g/mol. The summed E-state index contributed by atoms with van der Waals surface area (Å²) < 4.78 is 0.981. The number of aromatic nitrogens is 3. The minimum atomic E-state index is -0.128. The van der Waals surface area contributed by atoms with Crippen LogP contribution in [0.1, 0.15) is 13.8 Å². The third-order valence-corrected chi connectivity index (χ3v) is 4.61. The SMILES string of the molecule is CC(C)[C@@H](CO)Nc1nc(Nc2cccc(Br)c2)cc(-c2ccncc2)n1. The monoisotopic (exact) mass is 427 g/mol. The molecule has 3 N–H and O–H groups in total. The summed E-state index contributed by atoms with van der Waals surface area (Å²) in [6.45, 7) is 4.09. The Labute approximate surface area is 167 Å². The molecule has 0 spiro atoms. The van der Waals surface area contributed by atoms with Crippen molar-refractivity contribution in [3.63, 3.8) is 0 Å². The standard InChI is InChI=1S/C20H22BrN5O/c1-13(2)18(12-27)25-20-24-17(14-6-8-22-9-7-14)11-19(26-20)23-16-5-3-4-15(21)10-16/h3-11,13,18,27H,12H2,1-2H3,(H2,23,24,25,26)/t18-/m1/s1. The summed E-state index contributed by atoms with van der Waals surface area (Å²) in [7, 11) is 0. The third-order valence-electron chi connectivity index (χ3n) is 4.12. The molecule has 0 bridgehead atoms. The fourth-order valence-corrected chi connectivity index (χ4v) is 2.95. The van der Waals surface area contributed by atoms with Crippen molar-refractivity contribution in [2.24, 2.45) is 5.92 Å². The van der Waals surface area contributed by atoms with Crippen molar-refractivity contribution in [1.29, 1.82) is 0 Å². The molecule has 1 atom stereocenters. The highest BCUT2D eigenvalue weighted by Crippen LogP contribution is 2.25. The first kappa shape index (κ1) is 19.3. The van der Waals surface area contributed by atoms with Crippen LogP contribution in [-0.4, -0.2) is 32.7 Å². The lowest BCUT2D eigenvalue weighted by Gasteiger charge is -2.20. The van der Waals surface area contributed by atoms with Crippen LogP contribution in [0.15, 0.2) is 59.3 Å². The average Bonchev–Trinajstić information content (AvgIpc) is 2.66. The first-order valence-corrected chi connectivity index (χ1v) is 9.54. The molecule has 0 unspecified atom stereocenters. The molecule has 3 rings (SSSR count). The van der Waals surface area contributed by atoms with Gasteiger partial charge in [0.2, 0.25) is 5.95 Å². The second kappa shape index (κ2) is 8.92. The number of aliphatic hydroxyl groups is 1. The number of hydrogen-bond acceptors (Lipinski definition) is 6. The zero-order valence-corrected chi connectivity index (χ0v) is 16.8. The maximum Gasteiger partial charge on any atom is 0.225 e. The molecule has 0 amide bonds. The molecule has 1 aromatic carbocycles. The maximum atomic E-state index is 9.63. The molecule has 6 nitrogen and oxygen atoms in total. The molecule has 2 aromatic heterocycles. The van der Waals surface area contributed by atoms with Crippen LogP contribution in [0, 0.1) is 5.92 Å². The van der Waals surface area contributed by atoms with E-state index in [-0.39, 0.29) is 18.6 Å². The topological polar surface area (TPSA) is 83.0 Å². The highest BCUT2D eigenvalue weighted by molar-refractivity contribution is 9.10. The molecule has 7 heteroatoms. The van der Waals surface area contributed by atoms with Gasteiger partial charge >= 0.3 is 0 Å². The van der Waals surface area contributed by atoms with E-state index in [4.69, 9.17) is 0 Å². The highest BCUT2D eigenvalue weighted by atomic mass is 79.9. The Morgan fingerprint density at radius 1 is 1.07 bits per heavy atom. The van der Waals surface area contributed by atoms with Crippen molar-refractivity contribution in [2.45, 2.75) is 19.9 Å². The van der Waals surface area contributed by atoms with E-state index >= 15 is 0 Å². The van der Waals surface area contributed by atoms with Crippen molar-refractivity contribution in [3.8, 4) is 11.3 Å². The summed E-state index contributed by atoms with van der Waals surface area (Å²) in [5.41, 5.74) is 2.63. The Morgan fingerprint density at radius 2 is 1.85 bits per heavy atom. The van der Waals surface area contributed by atoms with Crippen molar-refractivity contribution >= 4 is 33.4 Å². The number of nitrogens with one attached hydrogen (secondary N) is 2. The van der Waals surface area contributed by atoms with Crippen LogP contribution in [0.25, 0.3) is 11.3 Å². The van der Waals surface area contributed by atoms with E-state index in [0.29, 0.717) is 11.8 Å². The van der Waals surface area contributed by atoms with E-state index < -0.39 is 0 Å². The smallest absolute Gasteiger partial charge is 0.225 e. The molecule has 140 valence electrons. The van der Waals surface area contributed by atoms with Crippen LogP contribution in [0.3, 0.4) is 0 Å². The van der Waals surface area contributed by atoms with Crippen LogP contribution in [0.2, 0.25) is 0 Å². The molecule has 0 aliphatic heterocycles. The number of halogens is 1. The summed E-state index contributed by atoms with van der Waals surface area (Å²) in [4.78, 5) is 13.3. The van der Waals surface area contributed by atoms with Crippen LogP contribution in [-0.2, 0) is 0 Å². The molecule has 0 aliphatic rings. The molecule has 0 saturated carbocycles. The first-order chi connectivity index (χ1) is 13.0. The molecular formula is C20H22BrN5O. The van der Waals surface area contributed by atoms with E-state index in [2.05, 4.69) is 41.5 Å². The number of aliphatic hydroxyl groups excluding tert-OH is 1. The highest BCUT2D eigenvalue weighted by Gasteiger charge is 2.15. The van der Waals surface area contributed by atoms with Gasteiger partial charge in [0.05, 0.1) is 18.3 Å². The van der Waals surface area contributed by atoms with Crippen molar-refractivity contribution in [3.05, 3.63) is 59.3 Å². The minimum Gasteiger partial charge on any atom is -0.394 e. The van der Waals surface area contributed by atoms with Gasteiger partial charge in [0, 0.05) is 34.2 Å². The Hall–Kier alpha value is -2.51. The maximum absolute atomic E-state index is 9.63. The normalized spacial score (nSPS) is 12.0. The van der Waals surface area contributed by atoms with Gasteiger partial charge in [-0.1, -0.05) is 35.8 Å². The second-order valence-corrected chi connectivity index (χ2v) is 7.43. The van der Waals surface area contributed by atoms with E-state index in [0.717, 1.165) is 21.4 Å². The molecule has 0 saturated heterocycles. The molecule has 0 radical (unpaired) electrons. The number of anilines is 3. The Kier molecular flexibility index (Phi) is 6.36. The molecule has 3 aromatic rings. The van der Waals surface area contributed by atoms with Crippen molar-refractivity contribution < 1.29 is 5.11 Å². The quantitative estimate of drug-likeness (QED) is 0.515. The largest absolute Gasteiger partial charge is 0.394 e. The number of nitrogens with zero attached hydrogens (tertiary/aromatic N) is 3. The summed E-state index contributed by atoms with van der Waals surface area (Å²) in [5, 5.41) is 16.2. The van der Waals surface area contributed by atoms with Gasteiger partial charge < -0.3 is 15.7 Å². The van der Waals surface area contributed by atoms with E-state index in [1.54, 1.807) is 12.4 Å². The lowest BCUT2D eigenvalue weighted by Crippen LogP contribution is -2.30. The third kappa shape index (κ3) is 5.24. The minimum absolute atomic E-state index is 0.00883. The van der Waals surface area contributed by atoms with Gasteiger partial charge in [-0.3, -0.25) is 4.98 Å². The lowest BCUT2D eigenvalue weighted by molar-refractivity contribution is 0.248. The summed E-state index contributed by atoms with van der Waals surface area (Å²) in [5.74, 6) is 1.37. The summed E-state index contributed by atoms with van der Waals surface area (Å²) >= 11 is 3.48. The van der Waals surface area contributed by atoms with Crippen LogP contribution < -0.4 is 10.6 Å². The number of benzene rings is 1. The zero-order chi connectivity index (χ0) is 19.2. The number of pyridine rings is 1. The van der Waals surface area contributed by atoms with E-state index in [1.807, 2.05) is 56.3 Å². The van der Waals surface area contributed by atoms with Gasteiger partial charge in [0.1, 0.15) is 5.82 Å². The molecular weight excluding hydrogens is 406 g/mol. The zero-order valence-electron chi connectivity index (χ0n) is 15.2. The van der Waals surface area contributed by atoms with Crippen molar-refractivity contribution in [1.82, 2.24) is 15.0 Å². The summed E-state index contributed by atoms with van der Waals surface area (Å²) in [6.07, 6.45) is 3.47. The van der Waals surface area contributed by atoms with Crippen LogP contribution in [0.5, 0.6) is 0 Å². The van der Waals surface area contributed by atoms with Crippen molar-refractivity contribution in [2.75, 3.05) is 17.2 Å². The van der Waals surface area contributed by atoms with Gasteiger partial charge in [-0.25, -0.2) is 4.98 Å². The second-order valence-electron chi connectivity index (χ2n) is 6.51. The predicted octanol–water partition coefficient (Wildman–Crippen LogP) is 4.47. The molecule has 0 aliphatic carbocycles. The first-order valence-electron chi connectivity index (χ1n) is 8.74. The van der Waals surface area contributed by atoms with Crippen LogP contribution in [0.4, 0.5) is 17.5 Å². The Morgan fingerprint density at radius 3 is 2.52 bits per heavy atom. The Balaban J connectivity index is 1.97. The van der Waals surface area contributed by atoms with E-state index in [9.17, 15) is 5.11 Å². The molecule has 0 fully saturated rings. The molecule has 2 heterocycles. The lowest BCUT2D eigenvalue weighted by atomic mass is 10.1. The van der Waals surface area contributed by atoms with Gasteiger partial charge in [0.15, 0.2) is 0 Å². The van der Waals surface area contributed by atoms with Gasteiger partial charge in [-0.2, -0.15) is 4.98 Å². The number of hydrogen-bond donors (Lipinski definition) is 3. The molecule has 27 heavy (non-hydrogen) atoms. The fourth-order valence-electron chi connectivity index (χ4n) is 2.55. The summed E-state index contributed by atoms with van der Waals surface area (Å²) in [6, 6.07) is 13.4. The fraction of sp³-hybridized carbons (Fsp3) is 0.250. The van der Waals surface area contributed by atoms with Gasteiger partial charge in [-0.05, 0) is 36.2 Å². The Bertz CT molecular complexity index is 889. The van der Waals surface area contributed by atoms with Crippen LogP contribution >= 0.6 is 15.9 Å². The van der Waals surface area contributed by atoms with E-state index in [1.165, 1.54) is 0 Å². The van der Waals surface area contributed by atoms with Gasteiger partial charge in [-0.15, -0.1) is 0 Å².